The maximum Gasteiger partial charge on any atom is 0.346 e. The first-order valence-corrected chi connectivity index (χ1v) is 8.72. The number of halogens is 1. The number of urea groups is 1. The summed E-state index contributed by atoms with van der Waals surface area (Å²) in [5, 5.41) is 2.33. The lowest BCUT2D eigenvalue weighted by Gasteiger charge is -2.05. The van der Waals surface area contributed by atoms with Crippen LogP contribution in [0.5, 0.6) is 0 Å². The molecule has 1 aliphatic heterocycles. The molecule has 0 atom stereocenters. The highest BCUT2D eigenvalue weighted by Crippen LogP contribution is 2.12. The molecular formula is C18H17BrN2O5. The number of amides is 2. The van der Waals surface area contributed by atoms with Crippen LogP contribution in [0.2, 0.25) is 0 Å². The van der Waals surface area contributed by atoms with Crippen molar-refractivity contribution in [3.8, 4) is 0 Å². The van der Waals surface area contributed by atoms with Gasteiger partial charge in [-0.05, 0) is 25.0 Å². The summed E-state index contributed by atoms with van der Waals surface area (Å²) in [6, 6.07) is 6.16. The molecule has 0 aliphatic carbocycles. The van der Waals surface area contributed by atoms with Crippen molar-refractivity contribution in [1.82, 2.24) is 5.32 Å². The van der Waals surface area contributed by atoms with Crippen LogP contribution in [0, 0.1) is 0 Å². The van der Waals surface area contributed by atoms with Gasteiger partial charge in [-0.25, -0.2) is 4.79 Å². The lowest BCUT2D eigenvalue weighted by molar-refractivity contribution is -0.142. The third kappa shape index (κ3) is 5.73. The average Bonchev–Trinajstić information content (AvgIpc) is 2.95. The number of unbranched alkanes of at least 4 members (excludes halogenated alkanes) is 1. The molecule has 2 rings (SSSR count). The maximum absolute atomic E-state index is 11.9. The van der Waals surface area contributed by atoms with Gasteiger partial charge in [0.15, 0.2) is 18.2 Å². The molecule has 1 N–H and O–H groups in total. The second-order valence-corrected chi connectivity index (χ2v) is 6.51. The molecule has 26 heavy (non-hydrogen) atoms. The maximum atomic E-state index is 11.9. The fraction of sp³-hybridized carbons (Fsp3) is 0.278. The summed E-state index contributed by atoms with van der Waals surface area (Å²) in [7, 11) is 0. The molecular weight excluding hydrogens is 404 g/mol. The molecule has 2 amide bonds. The highest BCUT2D eigenvalue weighted by molar-refractivity contribution is 9.10. The Morgan fingerprint density at radius 3 is 2.35 bits per heavy atom. The zero-order valence-corrected chi connectivity index (χ0v) is 15.5. The first kappa shape index (κ1) is 19.7. The first-order chi connectivity index (χ1) is 12.4. The molecule has 1 aromatic carbocycles. The van der Waals surface area contributed by atoms with E-state index >= 15 is 0 Å². The third-order valence-corrected chi connectivity index (χ3v) is 4.11. The topological polar surface area (TPSA) is 102 Å². The third-order valence-electron chi connectivity index (χ3n) is 3.59. The van der Waals surface area contributed by atoms with Crippen LogP contribution < -0.4 is 5.32 Å². The van der Waals surface area contributed by atoms with Gasteiger partial charge in [-0.15, -0.1) is 0 Å². The van der Waals surface area contributed by atoms with Crippen LogP contribution in [0.3, 0.4) is 0 Å². The summed E-state index contributed by atoms with van der Waals surface area (Å²) in [4.78, 5) is 50.0. The van der Waals surface area contributed by atoms with Crippen LogP contribution in [-0.2, 0) is 14.3 Å². The molecule has 0 unspecified atom stereocenters. The molecule has 7 nitrogen and oxygen atoms in total. The molecule has 0 saturated carbocycles. The molecule has 0 bridgehead atoms. The number of carbonyl (C=O) groups excluding carboxylic acids is 4. The largest absolute Gasteiger partial charge is 0.457 e. The van der Waals surface area contributed by atoms with E-state index < -0.39 is 12.0 Å². The molecule has 0 spiro atoms. The van der Waals surface area contributed by atoms with E-state index in [9.17, 15) is 19.2 Å². The minimum Gasteiger partial charge on any atom is -0.457 e. The summed E-state index contributed by atoms with van der Waals surface area (Å²) in [6.07, 6.45) is 1.12. The highest BCUT2D eigenvalue weighted by atomic mass is 79.9. The van der Waals surface area contributed by atoms with Gasteiger partial charge in [0.05, 0.1) is 5.70 Å². The Morgan fingerprint density at radius 1 is 1.08 bits per heavy atom. The second-order valence-electron chi connectivity index (χ2n) is 5.59. The van der Waals surface area contributed by atoms with Gasteiger partial charge in [0, 0.05) is 22.9 Å². The predicted octanol–water partition coefficient (Wildman–Crippen LogP) is 2.98. The number of rotatable bonds is 9. The van der Waals surface area contributed by atoms with Crippen LogP contribution in [-0.4, -0.2) is 35.9 Å². The monoisotopic (exact) mass is 420 g/mol. The number of nitrogens with zero attached hydrogens (tertiary/aromatic N) is 1. The van der Waals surface area contributed by atoms with Crippen molar-refractivity contribution in [3.63, 3.8) is 0 Å². The van der Waals surface area contributed by atoms with Crippen molar-refractivity contribution in [2.75, 3.05) is 6.61 Å². The molecule has 0 radical (unpaired) electrons. The number of benzene rings is 1. The van der Waals surface area contributed by atoms with Crippen molar-refractivity contribution in [2.45, 2.75) is 25.7 Å². The van der Waals surface area contributed by atoms with E-state index in [2.05, 4.69) is 32.8 Å². The van der Waals surface area contributed by atoms with Crippen LogP contribution in [0.1, 0.15) is 36.0 Å². The highest BCUT2D eigenvalue weighted by Gasteiger charge is 2.23. The van der Waals surface area contributed by atoms with Crippen LogP contribution in [0.25, 0.3) is 0 Å². The van der Waals surface area contributed by atoms with Gasteiger partial charge in [0.1, 0.15) is 5.71 Å². The number of aliphatic imine (C=N–C) groups is 1. The lowest BCUT2D eigenvalue weighted by atomic mass is 10.1. The van der Waals surface area contributed by atoms with Crippen molar-refractivity contribution < 1.29 is 23.9 Å². The van der Waals surface area contributed by atoms with E-state index in [0.29, 0.717) is 18.4 Å². The summed E-state index contributed by atoms with van der Waals surface area (Å²) >= 11 is 3.28. The predicted molar refractivity (Wildman–Crippen MR) is 98.0 cm³/mol. The van der Waals surface area contributed by atoms with E-state index in [4.69, 9.17) is 4.74 Å². The van der Waals surface area contributed by atoms with Crippen LogP contribution in [0.4, 0.5) is 4.79 Å². The van der Waals surface area contributed by atoms with E-state index in [0.717, 1.165) is 4.47 Å². The van der Waals surface area contributed by atoms with E-state index in [1.807, 2.05) is 0 Å². The number of hydrogen-bond donors (Lipinski definition) is 1. The minimum absolute atomic E-state index is 0.0395. The zero-order chi connectivity index (χ0) is 19.1. The van der Waals surface area contributed by atoms with Crippen molar-refractivity contribution in [2.24, 2.45) is 4.99 Å². The Hall–Kier alpha value is -2.61. The number of Topliss-reactive ketones (excluding diaryl/α,β-unsaturated/α-hetero) is 2. The van der Waals surface area contributed by atoms with E-state index in [1.54, 1.807) is 24.3 Å². The van der Waals surface area contributed by atoms with Gasteiger partial charge < -0.3 is 10.1 Å². The zero-order valence-electron chi connectivity index (χ0n) is 13.9. The van der Waals surface area contributed by atoms with Gasteiger partial charge in [0.2, 0.25) is 0 Å². The summed E-state index contributed by atoms with van der Waals surface area (Å²) < 4.78 is 5.80. The quantitative estimate of drug-likeness (QED) is 0.375. The molecule has 136 valence electrons. The van der Waals surface area contributed by atoms with Crippen LogP contribution >= 0.6 is 15.9 Å². The average molecular weight is 421 g/mol. The Labute approximate surface area is 158 Å². The van der Waals surface area contributed by atoms with Crippen molar-refractivity contribution in [3.05, 3.63) is 46.6 Å². The lowest BCUT2D eigenvalue weighted by Crippen LogP contribution is -2.19. The van der Waals surface area contributed by atoms with Gasteiger partial charge in [-0.1, -0.05) is 34.6 Å². The molecule has 8 heteroatoms. The smallest absolute Gasteiger partial charge is 0.346 e. The standard InChI is InChI=1S/C18H17BrN2O5/c1-11-17(21-18(25)20-11)14(22)4-2-3-5-16(24)26-10-15(23)12-6-8-13(19)9-7-12/h6-9H,1-5,10H2,(H,20,25). The van der Waals surface area contributed by atoms with Gasteiger partial charge >= 0.3 is 12.0 Å². The summed E-state index contributed by atoms with van der Waals surface area (Å²) in [6.45, 7) is 3.23. The van der Waals surface area contributed by atoms with E-state index in [1.165, 1.54) is 0 Å². The molecule has 0 aromatic heterocycles. The van der Waals surface area contributed by atoms with Gasteiger partial charge in [-0.2, -0.15) is 4.99 Å². The number of allylic oxidation sites excluding steroid dienone is 1. The summed E-state index contributed by atoms with van der Waals surface area (Å²) in [5.74, 6) is -1.08. The van der Waals surface area contributed by atoms with Crippen molar-refractivity contribution in [1.29, 1.82) is 0 Å². The second kappa shape index (κ2) is 9.19. The molecule has 0 fully saturated rings. The molecule has 1 aromatic rings. The Morgan fingerprint density at radius 2 is 1.73 bits per heavy atom. The number of esters is 1. The number of ether oxygens (including phenoxy) is 1. The molecule has 1 heterocycles. The molecule has 1 aliphatic rings. The summed E-state index contributed by atoms with van der Waals surface area (Å²) in [5.41, 5.74) is 0.704. The van der Waals surface area contributed by atoms with Crippen molar-refractivity contribution >= 4 is 45.2 Å². The fourth-order valence-electron chi connectivity index (χ4n) is 2.23. The molecule has 0 saturated heterocycles. The SMILES string of the molecule is C=C1NC(=O)N=C1C(=O)CCCCC(=O)OCC(=O)c1ccc(Br)cc1. The van der Waals surface area contributed by atoms with Gasteiger partial charge in [0.25, 0.3) is 0 Å². The first-order valence-electron chi connectivity index (χ1n) is 7.93. The fourth-order valence-corrected chi connectivity index (χ4v) is 2.49. The van der Waals surface area contributed by atoms with E-state index in [-0.39, 0.29) is 42.4 Å². The Kier molecular flexibility index (Phi) is 6.97. The number of carbonyl (C=O) groups is 4. The Bertz CT molecular complexity index is 783. The Balaban J connectivity index is 1.64. The number of hydrogen-bond acceptors (Lipinski definition) is 5. The van der Waals surface area contributed by atoms with Crippen LogP contribution in [0.15, 0.2) is 46.0 Å². The van der Waals surface area contributed by atoms with Gasteiger partial charge in [-0.3, -0.25) is 14.4 Å². The number of ketones is 2. The normalized spacial score (nSPS) is 13.2. The number of nitrogens with one attached hydrogen (secondary N) is 1. The minimum atomic E-state index is -0.600.